The predicted molar refractivity (Wildman–Crippen MR) is 167 cm³/mol. The average Bonchev–Trinajstić information content (AvgIpc) is 3.05. The summed E-state index contributed by atoms with van der Waals surface area (Å²) in [5.74, 6) is -0.123. The van der Waals surface area contributed by atoms with Crippen LogP contribution < -0.4 is 0 Å². The Bertz CT molecular complexity index is 1540. The fourth-order valence-electron chi connectivity index (χ4n) is 5.76. The molecule has 220 valence electrons. The molecule has 0 unspecified atom stereocenters. The van der Waals surface area contributed by atoms with Crippen LogP contribution in [-0.2, 0) is 35.6 Å². The largest absolute Gasteiger partial charge is 0.445 e. The van der Waals surface area contributed by atoms with Crippen LogP contribution in [0.2, 0.25) is 0 Å². The van der Waals surface area contributed by atoms with Gasteiger partial charge in [0.1, 0.15) is 12.6 Å². The first-order chi connectivity index (χ1) is 20.9. The van der Waals surface area contributed by atoms with Crippen molar-refractivity contribution in [2.75, 3.05) is 0 Å². The molecule has 1 aliphatic rings. The third-order valence-electron chi connectivity index (χ3n) is 8.09. The molecule has 6 heteroatoms. The maximum atomic E-state index is 14.8. The van der Waals surface area contributed by atoms with Gasteiger partial charge in [0, 0.05) is 18.5 Å². The summed E-state index contributed by atoms with van der Waals surface area (Å²) in [5.41, 5.74) is 5.57. The Morgan fingerprint density at radius 1 is 0.814 bits per heavy atom. The zero-order chi connectivity index (χ0) is 30.2. The highest BCUT2D eigenvalue weighted by Gasteiger charge is 2.39. The second-order valence-electron chi connectivity index (χ2n) is 11.1. The van der Waals surface area contributed by atoms with E-state index in [2.05, 4.69) is 19.1 Å². The zero-order valence-electron chi connectivity index (χ0n) is 24.8. The number of amides is 2. The van der Waals surface area contributed by atoms with E-state index < -0.39 is 12.1 Å². The van der Waals surface area contributed by atoms with Crippen LogP contribution in [0.1, 0.15) is 70.9 Å². The van der Waals surface area contributed by atoms with Crippen LogP contribution in [0.5, 0.6) is 0 Å². The van der Waals surface area contributed by atoms with Crippen molar-refractivity contribution in [1.29, 1.82) is 0 Å². The maximum absolute atomic E-state index is 14.8. The van der Waals surface area contributed by atoms with E-state index in [1.54, 1.807) is 11.8 Å². The van der Waals surface area contributed by atoms with Crippen molar-refractivity contribution in [2.45, 2.75) is 64.9 Å². The van der Waals surface area contributed by atoms with Gasteiger partial charge in [-0.05, 0) is 41.2 Å². The SMILES string of the molecule is CCC[C@H](c1ccccc1)N(Cc1ccc(C(C)=O)cc1)C(=O)[C@@H]1Cc2ccccc2CN1C(=O)OCc1ccccc1. The first kappa shape index (κ1) is 29.8. The molecule has 0 fully saturated rings. The highest BCUT2D eigenvalue weighted by Crippen LogP contribution is 2.32. The van der Waals surface area contributed by atoms with E-state index >= 15 is 0 Å². The molecule has 43 heavy (non-hydrogen) atoms. The maximum Gasteiger partial charge on any atom is 0.411 e. The summed E-state index contributed by atoms with van der Waals surface area (Å²) < 4.78 is 5.77. The second-order valence-corrected chi connectivity index (χ2v) is 11.1. The van der Waals surface area contributed by atoms with E-state index in [4.69, 9.17) is 4.74 Å². The Morgan fingerprint density at radius 3 is 2.09 bits per heavy atom. The van der Waals surface area contributed by atoms with Gasteiger partial charge in [-0.3, -0.25) is 14.5 Å². The number of fused-ring (bicyclic) bond motifs is 1. The number of nitrogens with zero attached hydrogens (tertiary/aromatic N) is 2. The molecule has 2 amide bonds. The van der Waals surface area contributed by atoms with Crippen LogP contribution in [0.4, 0.5) is 4.79 Å². The molecule has 2 atom stereocenters. The summed E-state index contributed by atoms with van der Waals surface area (Å²) in [5, 5.41) is 0. The number of carbonyl (C=O) groups excluding carboxylic acids is 3. The highest BCUT2D eigenvalue weighted by molar-refractivity contribution is 5.94. The molecule has 6 nitrogen and oxygen atoms in total. The minimum Gasteiger partial charge on any atom is -0.445 e. The monoisotopic (exact) mass is 574 g/mol. The van der Waals surface area contributed by atoms with Crippen molar-refractivity contribution in [3.63, 3.8) is 0 Å². The fourth-order valence-corrected chi connectivity index (χ4v) is 5.76. The molecule has 0 radical (unpaired) electrons. The summed E-state index contributed by atoms with van der Waals surface area (Å²) in [6, 6.07) is 34.1. The van der Waals surface area contributed by atoms with Gasteiger partial charge < -0.3 is 9.64 Å². The molecule has 1 heterocycles. The number of ketones is 1. The van der Waals surface area contributed by atoms with Gasteiger partial charge in [-0.2, -0.15) is 0 Å². The molecule has 0 aliphatic carbocycles. The summed E-state index contributed by atoms with van der Waals surface area (Å²) in [6.07, 6.45) is 1.55. The molecule has 0 aromatic heterocycles. The molecular weight excluding hydrogens is 536 g/mol. The molecule has 0 bridgehead atoms. The van der Waals surface area contributed by atoms with Crippen molar-refractivity contribution in [3.05, 3.63) is 143 Å². The Hall–Kier alpha value is -4.71. The molecule has 0 N–H and O–H groups in total. The second kappa shape index (κ2) is 14.0. The fraction of sp³-hybridized carbons (Fsp3) is 0.270. The number of rotatable bonds is 10. The van der Waals surface area contributed by atoms with Gasteiger partial charge in [0.05, 0.1) is 12.6 Å². The molecule has 4 aromatic carbocycles. The lowest BCUT2D eigenvalue weighted by atomic mass is 9.92. The first-order valence-corrected chi connectivity index (χ1v) is 14.9. The highest BCUT2D eigenvalue weighted by atomic mass is 16.6. The Labute approximate surface area is 253 Å². The third kappa shape index (κ3) is 7.20. The van der Waals surface area contributed by atoms with E-state index in [0.29, 0.717) is 25.1 Å². The number of carbonyl (C=O) groups is 3. The van der Waals surface area contributed by atoms with Gasteiger partial charge in [-0.15, -0.1) is 0 Å². The van der Waals surface area contributed by atoms with Gasteiger partial charge in [0.2, 0.25) is 5.91 Å². The zero-order valence-corrected chi connectivity index (χ0v) is 24.8. The standard InChI is InChI=1S/C37H38N2O4/c1-3-12-34(31-15-8-5-9-16-31)38(24-28-19-21-30(22-20-28)27(2)40)36(41)35-23-32-17-10-11-18-33(32)25-39(35)37(42)43-26-29-13-6-4-7-14-29/h4-11,13-22,34-35H,3,12,23-26H2,1-2H3/t34-,35+/m1/s1. The van der Waals surface area contributed by atoms with E-state index in [-0.39, 0.29) is 24.3 Å². The van der Waals surface area contributed by atoms with Crippen LogP contribution >= 0.6 is 0 Å². The summed E-state index contributed by atoms with van der Waals surface area (Å²) >= 11 is 0. The molecule has 4 aromatic rings. The van der Waals surface area contributed by atoms with Crippen LogP contribution in [0.3, 0.4) is 0 Å². The van der Waals surface area contributed by atoms with E-state index in [0.717, 1.165) is 40.7 Å². The van der Waals surface area contributed by atoms with Crippen molar-refractivity contribution in [2.24, 2.45) is 0 Å². The third-order valence-corrected chi connectivity index (χ3v) is 8.09. The lowest BCUT2D eigenvalue weighted by molar-refractivity contribution is -0.140. The quantitative estimate of drug-likeness (QED) is 0.184. The summed E-state index contributed by atoms with van der Waals surface area (Å²) in [7, 11) is 0. The van der Waals surface area contributed by atoms with Crippen molar-refractivity contribution in [1.82, 2.24) is 9.80 Å². The van der Waals surface area contributed by atoms with Crippen molar-refractivity contribution >= 4 is 17.8 Å². The minimum atomic E-state index is -0.724. The summed E-state index contributed by atoms with van der Waals surface area (Å²) in [6.45, 7) is 4.44. The van der Waals surface area contributed by atoms with Crippen LogP contribution in [0.25, 0.3) is 0 Å². The smallest absolute Gasteiger partial charge is 0.411 e. The van der Waals surface area contributed by atoms with E-state index in [1.165, 1.54) is 0 Å². The normalized spacial score (nSPS) is 14.8. The molecular formula is C37H38N2O4. The Balaban J connectivity index is 1.50. The number of Topliss-reactive ketones (excluding diaryl/α,β-unsaturated/α-hetero) is 1. The van der Waals surface area contributed by atoms with Crippen LogP contribution in [0.15, 0.2) is 109 Å². The molecule has 0 saturated carbocycles. The van der Waals surface area contributed by atoms with Gasteiger partial charge in [0.25, 0.3) is 0 Å². The first-order valence-electron chi connectivity index (χ1n) is 14.9. The van der Waals surface area contributed by atoms with E-state index in [1.807, 2.05) is 102 Å². The van der Waals surface area contributed by atoms with Gasteiger partial charge in [-0.1, -0.05) is 123 Å². The predicted octanol–water partition coefficient (Wildman–Crippen LogP) is 7.52. The number of benzene rings is 4. The minimum absolute atomic E-state index is 0.00171. The van der Waals surface area contributed by atoms with Crippen molar-refractivity contribution < 1.29 is 19.1 Å². The Kier molecular flexibility index (Phi) is 9.67. The molecule has 0 spiro atoms. The average molecular weight is 575 g/mol. The van der Waals surface area contributed by atoms with Gasteiger partial charge in [0.15, 0.2) is 5.78 Å². The number of hydrogen-bond donors (Lipinski definition) is 0. The topological polar surface area (TPSA) is 66.9 Å². The van der Waals surface area contributed by atoms with Gasteiger partial charge >= 0.3 is 6.09 Å². The number of hydrogen-bond acceptors (Lipinski definition) is 4. The molecule has 0 saturated heterocycles. The van der Waals surface area contributed by atoms with Crippen LogP contribution in [-0.4, -0.2) is 33.6 Å². The number of ether oxygens (including phenoxy) is 1. The van der Waals surface area contributed by atoms with Crippen molar-refractivity contribution in [3.8, 4) is 0 Å². The lowest BCUT2D eigenvalue weighted by Crippen LogP contribution is -2.54. The van der Waals surface area contributed by atoms with Gasteiger partial charge in [-0.25, -0.2) is 4.79 Å². The van der Waals surface area contributed by atoms with E-state index in [9.17, 15) is 14.4 Å². The Morgan fingerprint density at radius 2 is 1.44 bits per heavy atom. The summed E-state index contributed by atoms with van der Waals surface area (Å²) in [4.78, 5) is 43.8. The van der Waals surface area contributed by atoms with Crippen LogP contribution in [0, 0.1) is 0 Å². The lowest BCUT2D eigenvalue weighted by Gasteiger charge is -2.40. The molecule has 1 aliphatic heterocycles. The molecule has 5 rings (SSSR count).